The van der Waals surface area contributed by atoms with E-state index in [0.717, 1.165) is 44.7 Å². The molecule has 1 aromatic rings. The monoisotopic (exact) mass is 265 g/mol. The Kier molecular flexibility index (Phi) is 4.96. The first-order chi connectivity index (χ1) is 9.20. The number of esters is 1. The van der Waals surface area contributed by atoms with Crippen molar-refractivity contribution in [2.24, 2.45) is 13.0 Å². The molecule has 5 heteroatoms. The summed E-state index contributed by atoms with van der Waals surface area (Å²) in [5.41, 5.74) is 0. The van der Waals surface area contributed by atoms with Crippen LogP contribution in [0.5, 0.6) is 0 Å². The second-order valence-corrected chi connectivity index (χ2v) is 5.10. The molecule has 19 heavy (non-hydrogen) atoms. The number of ether oxygens (including phenoxy) is 1. The minimum Gasteiger partial charge on any atom is -0.466 e. The minimum atomic E-state index is -0.0378. The molecular weight excluding hydrogens is 242 g/mol. The summed E-state index contributed by atoms with van der Waals surface area (Å²) in [6, 6.07) is 0. The van der Waals surface area contributed by atoms with Crippen LogP contribution in [0, 0.1) is 5.92 Å². The van der Waals surface area contributed by atoms with Gasteiger partial charge in [-0.15, -0.1) is 0 Å². The molecular formula is C14H23N3O2. The van der Waals surface area contributed by atoms with Crippen molar-refractivity contribution < 1.29 is 9.53 Å². The smallest absolute Gasteiger partial charge is 0.310 e. The molecule has 106 valence electrons. The van der Waals surface area contributed by atoms with Crippen molar-refractivity contribution in [3.63, 3.8) is 0 Å². The highest BCUT2D eigenvalue weighted by molar-refractivity contribution is 5.72. The molecule has 1 aromatic heterocycles. The maximum Gasteiger partial charge on any atom is 0.310 e. The van der Waals surface area contributed by atoms with Gasteiger partial charge in [-0.05, 0) is 26.3 Å². The van der Waals surface area contributed by atoms with Crippen molar-refractivity contribution in [1.29, 1.82) is 0 Å². The Hall–Kier alpha value is -1.36. The predicted octanol–water partition coefficient (Wildman–Crippen LogP) is 1.24. The number of imidazole rings is 1. The van der Waals surface area contributed by atoms with Crippen molar-refractivity contribution in [3.8, 4) is 0 Å². The van der Waals surface area contributed by atoms with Crippen molar-refractivity contribution >= 4 is 5.97 Å². The first kappa shape index (κ1) is 14.1. The number of nitrogens with zero attached hydrogens (tertiary/aromatic N) is 3. The average Bonchev–Trinajstić information content (AvgIpc) is 2.82. The van der Waals surface area contributed by atoms with Crippen LogP contribution in [-0.2, 0) is 23.0 Å². The zero-order chi connectivity index (χ0) is 13.7. The van der Waals surface area contributed by atoms with Crippen molar-refractivity contribution in [2.45, 2.75) is 26.2 Å². The van der Waals surface area contributed by atoms with Crippen LogP contribution in [0.25, 0.3) is 0 Å². The van der Waals surface area contributed by atoms with E-state index in [1.807, 2.05) is 30.9 Å². The number of hydrogen-bond acceptors (Lipinski definition) is 4. The summed E-state index contributed by atoms with van der Waals surface area (Å²) in [4.78, 5) is 18.4. The summed E-state index contributed by atoms with van der Waals surface area (Å²) >= 11 is 0. The summed E-state index contributed by atoms with van der Waals surface area (Å²) in [6.45, 7) is 5.19. The molecule has 1 aliphatic heterocycles. The molecule has 0 aromatic carbocycles. The van der Waals surface area contributed by atoms with Crippen LogP contribution >= 0.6 is 0 Å². The van der Waals surface area contributed by atoms with Gasteiger partial charge in [-0.2, -0.15) is 0 Å². The predicted molar refractivity (Wildman–Crippen MR) is 72.7 cm³/mol. The summed E-state index contributed by atoms with van der Waals surface area (Å²) in [7, 11) is 2.01. The Morgan fingerprint density at radius 1 is 1.58 bits per heavy atom. The Morgan fingerprint density at radius 3 is 3.11 bits per heavy atom. The number of aromatic nitrogens is 2. The third-order valence-electron chi connectivity index (χ3n) is 3.70. The number of likely N-dealkylation sites (tertiary alicyclic amines) is 1. The van der Waals surface area contributed by atoms with Crippen LogP contribution in [0.2, 0.25) is 0 Å². The Labute approximate surface area is 114 Å². The second kappa shape index (κ2) is 6.70. The quantitative estimate of drug-likeness (QED) is 0.752. The SMILES string of the molecule is CCOC(=O)C1CCCN(CCc2nccn2C)C1. The number of piperidine rings is 1. The molecule has 1 saturated heterocycles. The second-order valence-electron chi connectivity index (χ2n) is 5.10. The molecule has 0 radical (unpaired) electrons. The van der Waals surface area contributed by atoms with E-state index in [-0.39, 0.29) is 11.9 Å². The molecule has 0 amide bonds. The Morgan fingerprint density at radius 2 is 2.42 bits per heavy atom. The molecule has 1 fully saturated rings. The maximum atomic E-state index is 11.8. The molecule has 0 spiro atoms. The molecule has 0 aliphatic carbocycles. The van der Waals surface area contributed by atoms with Gasteiger partial charge in [0.2, 0.25) is 0 Å². The van der Waals surface area contributed by atoms with E-state index in [9.17, 15) is 4.79 Å². The van der Waals surface area contributed by atoms with Gasteiger partial charge in [0.1, 0.15) is 5.82 Å². The molecule has 1 unspecified atom stereocenters. The fraction of sp³-hybridized carbons (Fsp3) is 0.714. The van der Waals surface area contributed by atoms with Gasteiger partial charge in [0.25, 0.3) is 0 Å². The van der Waals surface area contributed by atoms with Gasteiger partial charge in [-0.25, -0.2) is 4.98 Å². The van der Waals surface area contributed by atoms with Crippen LogP contribution < -0.4 is 0 Å². The minimum absolute atomic E-state index is 0.0378. The van der Waals surface area contributed by atoms with Crippen LogP contribution in [0.1, 0.15) is 25.6 Å². The lowest BCUT2D eigenvalue weighted by molar-refractivity contribution is -0.149. The van der Waals surface area contributed by atoms with Crippen molar-refractivity contribution in [3.05, 3.63) is 18.2 Å². The molecule has 1 atom stereocenters. The number of carbonyl (C=O) groups excluding carboxylic acids is 1. The van der Waals surface area contributed by atoms with Crippen LogP contribution in [0.15, 0.2) is 12.4 Å². The van der Waals surface area contributed by atoms with E-state index >= 15 is 0 Å². The van der Waals surface area contributed by atoms with E-state index in [0.29, 0.717) is 6.61 Å². The molecule has 0 bridgehead atoms. The van der Waals surface area contributed by atoms with Crippen molar-refractivity contribution in [1.82, 2.24) is 14.5 Å². The van der Waals surface area contributed by atoms with Gasteiger partial charge < -0.3 is 14.2 Å². The highest BCUT2D eigenvalue weighted by atomic mass is 16.5. The topological polar surface area (TPSA) is 47.4 Å². The molecule has 2 heterocycles. The number of aryl methyl sites for hydroxylation is 1. The lowest BCUT2D eigenvalue weighted by Gasteiger charge is -2.31. The van der Waals surface area contributed by atoms with Gasteiger partial charge >= 0.3 is 5.97 Å². The van der Waals surface area contributed by atoms with Gasteiger partial charge in [0, 0.05) is 39.0 Å². The van der Waals surface area contributed by atoms with E-state index < -0.39 is 0 Å². The zero-order valence-corrected chi connectivity index (χ0v) is 11.8. The van der Waals surface area contributed by atoms with E-state index in [4.69, 9.17) is 4.74 Å². The van der Waals surface area contributed by atoms with Gasteiger partial charge in [-0.1, -0.05) is 0 Å². The first-order valence-corrected chi connectivity index (χ1v) is 7.06. The average molecular weight is 265 g/mol. The summed E-state index contributed by atoms with van der Waals surface area (Å²) in [5, 5.41) is 0. The lowest BCUT2D eigenvalue weighted by Crippen LogP contribution is -2.40. The summed E-state index contributed by atoms with van der Waals surface area (Å²) < 4.78 is 7.17. The molecule has 2 rings (SSSR count). The van der Waals surface area contributed by atoms with Gasteiger partial charge in [0.05, 0.1) is 12.5 Å². The molecule has 1 aliphatic rings. The highest BCUT2D eigenvalue weighted by Crippen LogP contribution is 2.18. The zero-order valence-electron chi connectivity index (χ0n) is 11.8. The third-order valence-corrected chi connectivity index (χ3v) is 3.70. The third kappa shape index (κ3) is 3.80. The fourth-order valence-corrected chi connectivity index (χ4v) is 2.61. The standard InChI is InChI=1S/C14H23N3O2/c1-3-19-14(18)12-5-4-8-17(11-12)9-6-13-15-7-10-16(13)2/h7,10,12H,3-6,8-9,11H2,1-2H3. The maximum absolute atomic E-state index is 11.8. The van der Waals surface area contributed by atoms with E-state index in [1.165, 1.54) is 0 Å². The van der Waals surface area contributed by atoms with Gasteiger partial charge in [-0.3, -0.25) is 4.79 Å². The normalized spacial score (nSPS) is 20.4. The highest BCUT2D eigenvalue weighted by Gasteiger charge is 2.26. The number of hydrogen-bond donors (Lipinski definition) is 0. The summed E-state index contributed by atoms with van der Waals surface area (Å²) in [6.07, 6.45) is 6.75. The largest absolute Gasteiger partial charge is 0.466 e. The van der Waals surface area contributed by atoms with E-state index in [2.05, 4.69) is 9.88 Å². The number of rotatable bonds is 5. The fourth-order valence-electron chi connectivity index (χ4n) is 2.61. The van der Waals surface area contributed by atoms with Crippen LogP contribution in [0.3, 0.4) is 0 Å². The number of carbonyl (C=O) groups is 1. The van der Waals surface area contributed by atoms with Crippen LogP contribution in [0.4, 0.5) is 0 Å². The van der Waals surface area contributed by atoms with Gasteiger partial charge in [0.15, 0.2) is 0 Å². The summed E-state index contributed by atoms with van der Waals surface area (Å²) in [5.74, 6) is 1.11. The Balaban J connectivity index is 1.81. The van der Waals surface area contributed by atoms with Crippen LogP contribution in [-0.4, -0.2) is 46.7 Å². The lowest BCUT2D eigenvalue weighted by atomic mass is 9.98. The van der Waals surface area contributed by atoms with E-state index in [1.54, 1.807) is 0 Å². The molecule has 0 N–H and O–H groups in total. The molecule has 5 nitrogen and oxygen atoms in total. The van der Waals surface area contributed by atoms with Crippen molar-refractivity contribution in [2.75, 3.05) is 26.2 Å². The first-order valence-electron chi connectivity index (χ1n) is 7.06. The Bertz CT molecular complexity index is 417. The molecule has 0 saturated carbocycles.